The fraction of sp³-hybridized carbons (Fsp3) is 0.357. The van der Waals surface area contributed by atoms with Gasteiger partial charge >= 0.3 is 0 Å². The maximum Gasteiger partial charge on any atom is 0.181 e. The average molecular weight is 213 g/mol. The summed E-state index contributed by atoms with van der Waals surface area (Å²) in [5.41, 5.74) is 3.98. The summed E-state index contributed by atoms with van der Waals surface area (Å²) in [6, 6.07) is 8.67. The van der Waals surface area contributed by atoms with Crippen LogP contribution in [0.2, 0.25) is 0 Å². The summed E-state index contributed by atoms with van der Waals surface area (Å²) in [6.45, 7) is 2.21. The van der Waals surface area contributed by atoms with E-state index in [1.807, 2.05) is 0 Å². The summed E-state index contributed by atoms with van der Waals surface area (Å²) in [5.74, 6) is 1.42. The van der Waals surface area contributed by atoms with Crippen molar-refractivity contribution in [2.45, 2.75) is 32.1 Å². The van der Waals surface area contributed by atoms with Crippen LogP contribution in [0.4, 0.5) is 0 Å². The van der Waals surface area contributed by atoms with Gasteiger partial charge in [-0.2, -0.15) is 0 Å². The van der Waals surface area contributed by atoms with E-state index in [1.54, 1.807) is 6.39 Å². The van der Waals surface area contributed by atoms with E-state index in [4.69, 9.17) is 4.42 Å². The molecule has 0 saturated carbocycles. The highest BCUT2D eigenvalue weighted by atomic mass is 16.3. The van der Waals surface area contributed by atoms with Crippen molar-refractivity contribution in [2.75, 3.05) is 0 Å². The average Bonchev–Trinajstić information content (AvgIpc) is 2.75. The minimum absolute atomic E-state index is 0.352. The molecular formula is C14H15NO. The van der Waals surface area contributed by atoms with Crippen molar-refractivity contribution in [1.29, 1.82) is 0 Å². The first kappa shape index (κ1) is 9.64. The Bertz CT molecular complexity index is 501. The number of benzene rings is 1. The number of fused-ring (bicyclic) bond motifs is 2. The standard InChI is InChI=1S/C14H15NO/c1-10-12-7-3-2-5-11(12)6-4-8-13-14(10)15-9-16-13/h2-3,5,7,9-10H,4,6,8H2,1H3. The number of nitrogens with zero attached hydrogens (tertiary/aromatic N) is 1. The van der Waals surface area contributed by atoms with Crippen LogP contribution >= 0.6 is 0 Å². The Morgan fingerprint density at radius 3 is 3.06 bits per heavy atom. The quantitative estimate of drug-likeness (QED) is 0.671. The first-order chi connectivity index (χ1) is 7.86. The second kappa shape index (κ2) is 3.78. The summed E-state index contributed by atoms with van der Waals surface area (Å²) in [6.07, 6.45) is 4.87. The molecule has 0 saturated heterocycles. The minimum Gasteiger partial charge on any atom is -0.448 e. The maximum absolute atomic E-state index is 5.47. The fourth-order valence-electron chi connectivity index (χ4n) is 2.59. The van der Waals surface area contributed by atoms with Crippen LogP contribution in [-0.4, -0.2) is 4.98 Å². The Hall–Kier alpha value is -1.57. The van der Waals surface area contributed by atoms with E-state index in [2.05, 4.69) is 36.2 Å². The first-order valence-corrected chi connectivity index (χ1v) is 5.86. The third-order valence-corrected chi connectivity index (χ3v) is 3.45. The Labute approximate surface area is 95.3 Å². The van der Waals surface area contributed by atoms with Crippen LogP contribution in [0.3, 0.4) is 0 Å². The molecule has 16 heavy (non-hydrogen) atoms. The van der Waals surface area contributed by atoms with Gasteiger partial charge in [-0.3, -0.25) is 0 Å². The van der Waals surface area contributed by atoms with Gasteiger partial charge in [0.1, 0.15) is 5.76 Å². The van der Waals surface area contributed by atoms with Crippen molar-refractivity contribution >= 4 is 0 Å². The van der Waals surface area contributed by atoms with E-state index in [1.165, 1.54) is 11.1 Å². The summed E-state index contributed by atoms with van der Waals surface area (Å²) < 4.78 is 5.47. The van der Waals surface area contributed by atoms with Gasteiger partial charge in [-0.1, -0.05) is 31.2 Å². The van der Waals surface area contributed by atoms with E-state index >= 15 is 0 Å². The van der Waals surface area contributed by atoms with Crippen LogP contribution in [0.25, 0.3) is 0 Å². The van der Waals surface area contributed by atoms with Gasteiger partial charge in [0, 0.05) is 12.3 Å². The van der Waals surface area contributed by atoms with E-state index in [-0.39, 0.29) is 0 Å². The topological polar surface area (TPSA) is 26.0 Å². The molecule has 1 aliphatic carbocycles. The molecule has 1 unspecified atom stereocenters. The van der Waals surface area contributed by atoms with Gasteiger partial charge < -0.3 is 4.42 Å². The Kier molecular flexibility index (Phi) is 2.28. The number of hydrogen-bond donors (Lipinski definition) is 0. The Balaban J connectivity index is 2.14. The lowest BCUT2D eigenvalue weighted by Crippen LogP contribution is -2.07. The molecule has 82 valence electrons. The molecule has 1 aromatic carbocycles. The Morgan fingerprint density at radius 1 is 1.25 bits per heavy atom. The van der Waals surface area contributed by atoms with Crippen LogP contribution < -0.4 is 0 Å². The molecule has 0 radical (unpaired) electrons. The molecule has 1 aliphatic rings. The molecule has 0 N–H and O–H groups in total. The third-order valence-electron chi connectivity index (χ3n) is 3.45. The number of aromatic nitrogens is 1. The SMILES string of the molecule is CC1c2ccccc2CCCc2ocnc21. The first-order valence-electron chi connectivity index (χ1n) is 5.86. The summed E-state index contributed by atoms with van der Waals surface area (Å²) in [7, 11) is 0. The molecule has 0 aliphatic heterocycles. The number of rotatable bonds is 0. The smallest absolute Gasteiger partial charge is 0.181 e. The molecule has 2 nitrogen and oxygen atoms in total. The van der Waals surface area contributed by atoms with Crippen LogP contribution in [0, 0.1) is 0 Å². The molecule has 2 heteroatoms. The van der Waals surface area contributed by atoms with Gasteiger partial charge in [-0.15, -0.1) is 0 Å². The second-order valence-corrected chi connectivity index (χ2v) is 4.43. The van der Waals surface area contributed by atoms with Crippen LogP contribution in [0.5, 0.6) is 0 Å². The molecule has 0 fully saturated rings. The molecule has 2 aromatic rings. The minimum atomic E-state index is 0.352. The number of oxazole rings is 1. The predicted molar refractivity (Wildman–Crippen MR) is 62.5 cm³/mol. The van der Waals surface area contributed by atoms with Gasteiger partial charge in [0.25, 0.3) is 0 Å². The molecule has 0 bridgehead atoms. The molecule has 1 atom stereocenters. The number of aryl methyl sites for hydroxylation is 2. The fourth-order valence-corrected chi connectivity index (χ4v) is 2.59. The van der Waals surface area contributed by atoms with Crippen molar-refractivity contribution < 1.29 is 4.42 Å². The van der Waals surface area contributed by atoms with E-state index in [0.717, 1.165) is 30.7 Å². The van der Waals surface area contributed by atoms with Gasteiger partial charge in [-0.25, -0.2) is 4.98 Å². The second-order valence-electron chi connectivity index (χ2n) is 4.43. The largest absolute Gasteiger partial charge is 0.448 e. The highest BCUT2D eigenvalue weighted by Crippen LogP contribution is 2.31. The molecule has 1 heterocycles. The van der Waals surface area contributed by atoms with Crippen molar-refractivity contribution in [2.24, 2.45) is 0 Å². The molecule has 1 aromatic heterocycles. The zero-order valence-electron chi connectivity index (χ0n) is 9.44. The van der Waals surface area contributed by atoms with Crippen LogP contribution in [0.1, 0.15) is 41.8 Å². The van der Waals surface area contributed by atoms with E-state index in [0.29, 0.717) is 5.92 Å². The van der Waals surface area contributed by atoms with Gasteiger partial charge in [-0.05, 0) is 24.0 Å². The highest BCUT2D eigenvalue weighted by Gasteiger charge is 2.21. The Morgan fingerprint density at radius 2 is 2.12 bits per heavy atom. The van der Waals surface area contributed by atoms with E-state index < -0.39 is 0 Å². The van der Waals surface area contributed by atoms with Crippen molar-refractivity contribution in [1.82, 2.24) is 4.98 Å². The van der Waals surface area contributed by atoms with Crippen molar-refractivity contribution in [3.05, 3.63) is 53.2 Å². The number of hydrogen-bond acceptors (Lipinski definition) is 2. The van der Waals surface area contributed by atoms with Crippen molar-refractivity contribution in [3.63, 3.8) is 0 Å². The molecule has 0 amide bonds. The van der Waals surface area contributed by atoms with Gasteiger partial charge in [0.15, 0.2) is 6.39 Å². The van der Waals surface area contributed by atoms with Gasteiger partial charge in [0.05, 0.1) is 5.69 Å². The lowest BCUT2D eigenvalue weighted by molar-refractivity contribution is 0.489. The zero-order chi connectivity index (χ0) is 11.0. The monoisotopic (exact) mass is 213 g/mol. The molecular weight excluding hydrogens is 198 g/mol. The van der Waals surface area contributed by atoms with Crippen LogP contribution in [-0.2, 0) is 12.8 Å². The zero-order valence-corrected chi connectivity index (χ0v) is 9.44. The van der Waals surface area contributed by atoms with Gasteiger partial charge in [0.2, 0.25) is 0 Å². The highest BCUT2D eigenvalue weighted by molar-refractivity contribution is 5.37. The van der Waals surface area contributed by atoms with Crippen LogP contribution in [0.15, 0.2) is 35.1 Å². The predicted octanol–water partition coefficient (Wildman–Crippen LogP) is 3.32. The lowest BCUT2D eigenvalue weighted by Gasteiger charge is -2.18. The molecule has 0 spiro atoms. The summed E-state index contributed by atoms with van der Waals surface area (Å²) >= 11 is 0. The van der Waals surface area contributed by atoms with Crippen molar-refractivity contribution in [3.8, 4) is 0 Å². The third kappa shape index (κ3) is 1.45. The van der Waals surface area contributed by atoms with E-state index in [9.17, 15) is 0 Å². The summed E-state index contributed by atoms with van der Waals surface area (Å²) in [4.78, 5) is 4.37. The summed E-state index contributed by atoms with van der Waals surface area (Å²) in [5, 5.41) is 0. The normalized spacial score (nSPS) is 19.4. The molecule has 3 rings (SSSR count). The lowest BCUT2D eigenvalue weighted by atomic mass is 9.87. The maximum atomic E-state index is 5.47.